The average Bonchev–Trinajstić information content (AvgIpc) is 3.44. The standard InChI is InChI=1S/C32H36ClF3N6O4/c1-3-41(4-2)28(43)20-7-5-6-19(14-20)23-15-21(33)8-9-22(23)27(32(34,35)36)46-26-16-25(39-30(37)40-26)42-12-10-31(11-13-42)17-24(29(44)45)38-18-31/h5-9,14-16,24,27,38H,3-4,10-13,17-18H2,1-2H3,(H,44,45)(H2,37,39,40)/t24?,27-/m1/s1. The number of rotatable bonds is 9. The van der Waals surface area contributed by atoms with Gasteiger partial charge in [-0.05, 0) is 73.9 Å². The maximum Gasteiger partial charge on any atom is 0.429 e. The first-order valence-corrected chi connectivity index (χ1v) is 15.5. The van der Waals surface area contributed by atoms with Crippen LogP contribution in [0.4, 0.5) is 24.9 Å². The predicted octanol–water partition coefficient (Wildman–Crippen LogP) is 5.58. The van der Waals surface area contributed by atoms with Gasteiger partial charge in [0.15, 0.2) is 0 Å². The molecular formula is C32H36ClF3N6O4. The highest BCUT2D eigenvalue weighted by molar-refractivity contribution is 6.30. The number of carboxylic acids is 1. The quantitative estimate of drug-likeness (QED) is 0.269. The van der Waals surface area contributed by atoms with E-state index in [4.69, 9.17) is 22.1 Å². The van der Waals surface area contributed by atoms with E-state index in [0.29, 0.717) is 68.9 Å². The van der Waals surface area contributed by atoms with E-state index >= 15 is 0 Å². The van der Waals surface area contributed by atoms with Crippen LogP contribution in [-0.2, 0) is 4.79 Å². The lowest BCUT2D eigenvalue weighted by molar-refractivity contribution is -0.198. The molecular weight excluding hydrogens is 625 g/mol. The molecule has 3 aromatic rings. The van der Waals surface area contributed by atoms with Crippen molar-refractivity contribution in [1.82, 2.24) is 20.2 Å². The number of carbonyl (C=O) groups excluding carboxylic acids is 1. The molecule has 1 spiro atoms. The third-order valence-corrected chi connectivity index (χ3v) is 9.05. The minimum Gasteiger partial charge on any atom is -0.480 e. The van der Waals surface area contributed by atoms with Crippen LogP contribution in [0, 0.1) is 5.41 Å². The van der Waals surface area contributed by atoms with Crippen molar-refractivity contribution in [2.24, 2.45) is 5.41 Å². The number of benzene rings is 2. The summed E-state index contributed by atoms with van der Waals surface area (Å²) in [6.45, 7) is 6.27. The Labute approximate surface area is 269 Å². The zero-order valence-corrected chi connectivity index (χ0v) is 26.2. The fourth-order valence-corrected chi connectivity index (χ4v) is 6.46. The average molecular weight is 661 g/mol. The first-order chi connectivity index (χ1) is 21.8. The van der Waals surface area contributed by atoms with Crippen LogP contribution in [0.3, 0.4) is 0 Å². The second kappa shape index (κ2) is 13.3. The molecule has 2 atom stereocenters. The lowest BCUT2D eigenvalue weighted by Gasteiger charge is -2.39. The van der Waals surface area contributed by atoms with Gasteiger partial charge in [-0.3, -0.25) is 9.59 Å². The number of aliphatic carboxylic acids is 1. The number of carboxylic acid groups (broad SMARTS) is 1. The summed E-state index contributed by atoms with van der Waals surface area (Å²) in [5.74, 6) is -1.41. The molecule has 14 heteroatoms. The molecule has 0 bridgehead atoms. The third kappa shape index (κ3) is 7.15. The van der Waals surface area contributed by atoms with Crippen molar-refractivity contribution < 1.29 is 32.6 Å². The Morgan fingerprint density at radius 2 is 1.87 bits per heavy atom. The van der Waals surface area contributed by atoms with Crippen molar-refractivity contribution in [3.63, 3.8) is 0 Å². The van der Waals surface area contributed by atoms with E-state index in [1.807, 2.05) is 18.7 Å². The number of hydrogen-bond donors (Lipinski definition) is 3. The number of hydrogen-bond acceptors (Lipinski definition) is 8. The molecule has 1 unspecified atom stereocenters. The highest BCUT2D eigenvalue weighted by atomic mass is 35.5. The number of alkyl halides is 3. The maximum absolute atomic E-state index is 14.8. The van der Waals surface area contributed by atoms with Crippen LogP contribution >= 0.6 is 11.6 Å². The van der Waals surface area contributed by atoms with E-state index in [9.17, 15) is 27.9 Å². The second-order valence-corrected chi connectivity index (χ2v) is 12.2. The van der Waals surface area contributed by atoms with E-state index < -0.39 is 24.3 Å². The molecule has 0 aliphatic carbocycles. The first-order valence-electron chi connectivity index (χ1n) is 15.1. The van der Waals surface area contributed by atoms with Gasteiger partial charge in [-0.15, -0.1) is 0 Å². The van der Waals surface area contributed by atoms with Gasteiger partial charge in [-0.1, -0.05) is 29.8 Å². The molecule has 2 aliphatic heterocycles. The van der Waals surface area contributed by atoms with E-state index in [-0.39, 0.29) is 39.3 Å². The lowest BCUT2D eigenvalue weighted by atomic mass is 9.76. The lowest BCUT2D eigenvalue weighted by Crippen LogP contribution is -2.41. The van der Waals surface area contributed by atoms with Crippen LogP contribution < -0.4 is 20.7 Å². The summed E-state index contributed by atoms with van der Waals surface area (Å²) in [7, 11) is 0. The number of nitrogens with zero attached hydrogens (tertiary/aromatic N) is 4. The number of nitrogens with two attached hydrogens (primary N) is 1. The first kappa shape index (κ1) is 33.3. The number of ether oxygens (including phenoxy) is 1. The van der Waals surface area contributed by atoms with E-state index in [2.05, 4.69) is 15.3 Å². The Balaban J connectivity index is 1.43. The van der Waals surface area contributed by atoms with Crippen molar-refractivity contribution in [2.75, 3.05) is 43.4 Å². The van der Waals surface area contributed by atoms with E-state index in [1.54, 1.807) is 29.2 Å². The molecule has 2 aliphatic rings. The number of carbonyl (C=O) groups is 2. The van der Waals surface area contributed by atoms with Gasteiger partial charge in [-0.2, -0.15) is 23.1 Å². The number of piperidine rings is 1. The van der Waals surface area contributed by atoms with Crippen molar-refractivity contribution in [3.8, 4) is 17.0 Å². The number of anilines is 2. The van der Waals surface area contributed by atoms with Crippen molar-refractivity contribution in [2.45, 2.75) is 51.4 Å². The molecule has 3 heterocycles. The van der Waals surface area contributed by atoms with Crippen LogP contribution in [-0.4, -0.2) is 76.8 Å². The van der Waals surface area contributed by atoms with Crippen molar-refractivity contribution in [3.05, 3.63) is 64.7 Å². The summed E-state index contributed by atoms with van der Waals surface area (Å²) >= 11 is 6.27. The normalized spacial score (nSPS) is 18.4. The van der Waals surface area contributed by atoms with Crippen LogP contribution in [0.15, 0.2) is 48.5 Å². The van der Waals surface area contributed by atoms with Gasteiger partial charge < -0.3 is 30.7 Å². The van der Waals surface area contributed by atoms with Gasteiger partial charge in [0.2, 0.25) is 17.9 Å². The van der Waals surface area contributed by atoms with Crippen molar-refractivity contribution >= 4 is 35.2 Å². The predicted molar refractivity (Wildman–Crippen MR) is 168 cm³/mol. The van der Waals surface area contributed by atoms with Gasteiger partial charge in [-0.25, -0.2) is 0 Å². The monoisotopic (exact) mass is 660 g/mol. The van der Waals surface area contributed by atoms with E-state index in [1.165, 1.54) is 24.3 Å². The number of nitrogen functional groups attached to an aromatic ring is 1. The number of amides is 1. The van der Waals surface area contributed by atoms with Gasteiger partial charge in [0, 0.05) is 54.9 Å². The van der Waals surface area contributed by atoms with E-state index in [0.717, 1.165) is 0 Å². The summed E-state index contributed by atoms with van der Waals surface area (Å²) < 4.78 is 49.9. The molecule has 0 radical (unpaired) electrons. The molecule has 0 saturated carbocycles. The molecule has 2 aromatic carbocycles. The highest BCUT2D eigenvalue weighted by Gasteiger charge is 2.46. The molecule has 2 fully saturated rings. The van der Waals surface area contributed by atoms with Gasteiger partial charge in [0.1, 0.15) is 11.9 Å². The fourth-order valence-electron chi connectivity index (χ4n) is 6.28. The molecule has 4 N–H and O–H groups in total. The van der Waals surface area contributed by atoms with Crippen LogP contribution in [0.25, 0.3) is 11.1 Å². The van der Waals surface area contributed by atoms with Gasteiger partial charge >= 0.3 is 12.1 Å². The fraction of sp³-hybridized carbons (Fsp3) is 0.438. The molecule has 5 rings (SSSR count). The Bertz CT molecular complexity index is 1590. The molecule has 10 nitrogen and oxygen atoms in total. The molecule has 1 amide bonds. The zero-order valence-electron chi connectivity index (χ0n) is 25.5. The summed E-state index contributed by atoms with van der Waals surface area (Å²) in [5, 5.41) is 12.7. The Morgan fingerprint density at radius 3 is 2.50 bits per heavy atom. The largest absolute Gasteiger partial charge is 0.480 e. The number of aromatic nitrogens is 2. The summed E-state index contributed by atoms with van der Waals surface area (Å²) in [6.07, 6.45) is -5.45. The minimum absolute atomic E-state index is 0.150. The SMILES string of the molecule is CCN(CC)C(=O)c1cccc(-c2cc(Cl)ccc2[C@@H](Oc2cc(N3CCC4(CC3)CNC(C(=O)O)C4)nc(N)n2)C(F)(F)F)c1. The summed E-state index contributed by atoms with van der Waals surface area (Å²) in [4.78, 5) is 36.2. The smallest absolute Gasteiger partial charge is 0.429 e. The second-order valence-electron chi connectivity index (χ2n) is 11.7. The maximum atomic E-state index is 14.8. The minimum atomic E-state index is -4.87. The Morgan fingerprint density at radius 1 is 1.15 bits per heavy atom. The molecule has 46 heavy (non-hydrogen) atoms. The Kier molecular flexibility index (Phi) is 9.64. The Hall–Kier alpha value is -4.10. The number of nitrogens with one attached hydrogen (secondary N) is 1. The van der Waals surface area contributed by atoms with Crippen LogP contribution in [0.5, 0.6) is 5.88 Å². The summed E-state index contributed by atoms with van der Waals surface area (Å²) in [5.41, 5.74) is 6.41. The van der Waals surface area contributed by atoms with Crippen LogP contribution in [0.1, 0.15) is 55.1 Å². The van der Waals surface area contributed by atoms with Gasteiger partial charge in [0.05, 0.1) is 0 Å². The zero-order chi connectivity index (χ0) is 33.2. The van der Waals surface area contributed by atoms with Crippen molar-refractivity contribution in [1.29, 1.82) is 0 Å². The topological polar surface area (TPSA) is 134 Å². The molecule has 2 saturated heterocycles. The van der Waals surface area contributed by atoms with Gasteiger partial charge in [0.25, 0.3) is 5.91 Å². The van der Waals surface area contributed by atoms with Crippen LogP contribution in [0.2, 0.25) is 5.02 Å². The third-order valence-electron chi connectivity index (χ3n) is 8.82. The summed E-state index contributed by atoms with van der Waals surface area (Å²) in [6, 6.07) is 11.2. The molecule has 246 valence electrons. The number of halogens is 4. The molecule has 1 aromatic heterocycles. The highest BCUT2D eigenvalue weighted by Crippen LogP contribution is 2.43.